The van der Waals surface area contributed by atoms with Crippen LogP contribution in [-0.2, 0) is 6.18 Å². The molecule has 3 N–H and O–H groups in total. The van der Waals surface area contributed by atoms with Crippen molar-refractivity contribution in [2.24, 2.45) is 0 Å². The monoisotopic (exact) mass is 301 g/mol. The number of pyridine rings is 1. The highest BCUT2D eigenvalue weighted by Crippen LogP contribution is 2.34. The second kappa shape index (κ2) is 5.20. The molecule has 1 aromatic heterocycles. The van der Waals surface area contributed by atoms with Gasteiger partial charge in [0.25, 0.3) is 0 Å². The molecule has 0 aliphatic heterocycles. The van der Waals surface area contributed by atoms with Gasteiger partial charge in [-0.15, -0.1) is 0 Å². The van der Waals surface area contributed by atoms with E-state index in [0.29, 0.717) is 11.5 Å². The highest BCUT2D eigenvalue weighted by molar-refractivity contribution is 6.33. The molecule has 0 saturated carbocycles. The van der Waals surface area contributed by atoms with E-state index in [1.807, 2.05) is 0 Å². The van der Waals surface area contributed by atoms with Crippen molar-refractivity contribution in [1.29, 1.82) is 0 Å². The molecule has 0 saturated heterocycles. The Balaban J connectivity index is 2.35. The molecule has 1 heterocycles. The molecule has 0 unspecified atom stereocenters. The number of benzene rings is 1. The van der Waals surface area contributed by atoms with Gasteiger partial charge in [-0.1, -0.05) is 11.6 Å². The maximum Gasteiger partial charge on any atom is 0.416 e. The van der Waals surface area contributed by atoms with Crippen LogP contribution in [0, 0.1) is 6.92 Å². The maximum atomic E-state index is 12.7. The van der Waals surface area contributed by atoms with Gasteiger partial charge < -0.3 is 11.1 Å². The van der Waals surface area contributed by atoms with E-state index in [1.165, 1.54) is 12.3 Å². The third kappa shape index (κ3) is 3.14. The molecule has 2 rings (SSSR count). The Kier molecular flexibility index (Phi) is 3.76. The van der Waals surface area contributed by atoms with Crippen LogP contribution in [0.5, 0.6) is 0 Å². The quantitative estimate of drug-likeness (QED) is 0.865. The average Bonchev–Trinajstić information content (AvgIpc) is 2.35. The van der Waals surface area contributed by atoms with Crippen molar-refractivity contribution in [2.45, 2.75) is 13.1 Å². The zero-order valence-electron chi connectivity index (χ0n) is 10.4. The van der Waals surface area contributed by atoms with E-state index in [0.717, 1.165) is 17.7 Å². The summed E-state index contributed by atoms with van der Waals surface area (Å²) in [5.74, 6) is 0.373. The molecule has 2 aromatic rings. The summed E-state index contributed by atoms with van der Waals surface area (Å²) in [5, 5.41) is 2.93. The van der Waals surface area contributed by atoms with E-state index in [-0.39, 0.29) is 10.7 Å². The minimum atomic E-state index is -4.43. The Morgan fingerprint density at radius 1 is 1.25 bits per heavy atom. The third-order valence-electron chi connectivity index (χ3n) is 2.71. The average molecular weight is 302 g/mol. The van der Waals surface area contributed by atoms with Crippen LogP contribution in [0.25, 0.3) is 0 Å². The number of hydrogen-bond donors (Lipinski definition) is 2. The molecule has 0 aliphatic carbocycles. The van der Waals surface area contributed by atoms with Gasteiger partial charge in [0.05, 0.1) is 28.2 Å². The van der Waals surface area contributed by atoms with Gasteiger partial charge in [-0.25, -0.2) is 4.98 Å². The van der Waals surface area contributed by atoms with Crippen LogP contribution in [0.2, 0.25) is 5.02 Å². The van der Waals surface area contributed by atoms with E-state index in [1.54, 1.807) is 13.0 Å². The van der Waals surface area contributed by atoms with E-state index in [9.17, 15) is 13.2 Å². The second-order valence-electron chi connectivity index (χ2n) is 4.24. The molecule has 20 heavy (non-hydrogen) atoms. The van der Waals surface area contributed by atoms with Gasteiger partial charge >= 0.3 is 6.18 Å². The van der Waals surface area contributed by atoms with Crippen LogP contribution in [0.15, 0.2) is 30.5 Å². The van der Waals surface area contributed by atoms with Crippen LogP contribution in [-0.4, -0.2) is 4.98 Å². The predicted molar refractivity (Wildman–Crippen MR) is 73.1 cm³/mol. The van der Waals surface area contributed by atoms with Crippen molar-refractivity contribution in [3.63, 3.8) is 0 Å². The molecule has 0 fully saturated rings. The van der Waals surface area contributed by atoms with Crippen molar-refractivity contribution >= 4 is 28.8 Å². The summed E-state index contributed by atoms with van der Waals surface area (Å²) in [6.07, 6.45) is -3.00. The SMILES string of the molecule is Cc1cc(Nc2cc(C(F)(F)F)ccc2Cl)ncc1N. The Morgan fingerprint density at radius 3 is 2.55 bits per heavy atom. The van der Waals surface area contributed by atoms with Crippen molar-refractivity contribution in [3.8, 4) is 0 Å². The van der Waals surface area contributed by atoms with E-state index < -0.39 is 11.7 Å². The topological polar surface area (TPSA) is 50.9 Å². The summed E-state index contributed by atoms with van der Waals surface area (Å²) < 4.78 is 38.0. The minimum Gasteiger partial charge on any atom is -0.397 e. The molecule has 1 aromatic carbocycles. The van der Waals surface area contributed by atoms with Crippen LogP contribution in [0.4, 0.5) is 30.4 Å². The number of rotatable bonds is 2. The predicted octanol–water partition coefficient (Wildman–Crippen LogP) is 4.39. The largest absolute Gasteiger partial charge is 0.416 e. The first-order valence-electron chi connectivity index (χ1n) is 5.63. The maximum absolute atomic E-state index is 12.7. The Morgan fingerprint density at radius 2 is 1.95 bits per heavy atom. The summed E-state index contributed by atoms with van der Waals surface area (Å²) in [6, 6.07) is 4.69. The number of aryl methyl sites for hydroxylation is 1. The molecule has 0 atom stereocenters. The number of nitrogens with zero attached hydrogens (tertiary/aromatic N) is 1. The van der Waals surface area contributed by atoms with E-state index in [2.05, 4.69) is 10.3 Å². The zero-order chi connectivity index (χ0) is 14.9. The molecular formula is C13H11ClF3N3. The van der Waals surface area contributed by atoms with Gasteiger partial charge in [0, 0.05) is 0 Å². The number of anilines is 3. The van der Waals surface area contributed by atoms with Crippen LogP contribution in [0.3, 0.4) is 0 Å². The summed E-state index contributed by atoms with van der Waals surface area (Å²) in [7, 11) is 0. The van der Waals surface area contributed by atoms with Crippen molar-refractivity contribution in [2.75, 3.05) is 11.1 Å². The lowest BCUT2D eigenvalue weighted by molar-refractivity contribution is -0.137. The number of hydrogen-bond acceptors (Lipinski definition) is 3. The third-order valence-corrected chi connectivity index (χ3v) is 3.04. The molecule has 0 radical (unpaired) electrons. The normalized spacial score (nSPS) is 11.4. The van der Waals surface area contributed by atoms with E-state index >= 15 is 0 Å². The first-order valence-corrected chi connectivity index (χ1v) is 6.01. The van der Waals surface area contributed by atoms with Crippen LogP contribution in [0.1, 0.15) is 11.1 Å². The molecular weight excluding hydrogens is 291 g/mol. The van der Waals surface area contributed by atoms with Gasteiger partial charge in [0.15, 0.2) is 0 Å². The van der Waals surface area contributed by atoms with Crippen LogP contribution < -0.4 is 11.1 Å². The number of aromatic nitrogens is 1. The summed E-state index contributed by atoms with van der Waals surface area (Å²) >= 11 is 5.88. The second-order valence-corrected chi connectivity index (χ2v) is 4.65. The minimum absolute atomic E-state index is 0.137. The van der Waals surface area contributed by atoms with Crippen molar-refractivity contribution in [1.82, 2.24) is 4.98 Å². The summed E-state index contributed by atoms with van der Waals surface area (Å²) in [5.41, 5.74) is 6.26. The number of nitrogen functional groups attached to an aromatic ring is 1. The summed E-state index contributed by atoms with van der Waals surface area (Å²) in [4.78, 5) is 3.99. The van der Waals surface area contributed by atoms with Crippen LogP contribution >= 0.6 is 11.6 Å². The van der Waals surface area contributed by atoms with E-state index in [4.69, 9.17) is 17.3 Å². The fourth-order valence-electron chi connectivity index (χ4n) is 1.57. The molecule has 3 nitrogen and oxygen atoms in total. The Bertz CT molecular complexity index is 641. The molecule has 0 spiro atoms. The first-order chi connectivity index (χ1) is 9.27. The first kappa shape index (κ1) is 14.5. The number of nitrogens with one attached hydrogen (secondary N) is 1. The summed E-state index contributed by atoms with van der Waals surface area (Å²) in [6.45, 7) is 1.77. The van der Waals surface area contributed by atoms with Crippen molar-refractivity contribution in [3.05, 3.63) is 46.6 Å². The molecule has 106 valence electrons. The molecule has 0 amide bonds. The Labute approximate surface area is 118 Å². The van der Waals surface area contributed by atoms with Gasteiger partial charge in [0.2, 0.25) is 0 Å². The van der Waals surface area contributed by atoms with Gasteiger partial charge in [-0.3, -0.25) is 0 Å². The smallest absolute Gasteiger partial charge is 0.397 e. The number of halogens is 4. The van der Waals surface area contributed by atoms with Crippen molar-refractivity contribution < 1.29 is 13.2 Å². The lowest BCUT2D eigenvalue weighted by atomic mass is 10.2. The fourth-order valence-corrected chi connectivity index (χ4v) is 1.74. The highest BCUT2D eigenvalue weighted by atomic mass is 35.5. The van der Waals surface area contributed by atoms with Gasteiger partial charge in [-0.05, 0) is 36.8 Å². The molecule has 0 aliphatic rings. The zero-order valence-corrected chi connectivity index (χ0v) is 11.2. The van der Waals surface area contributed by atoms with Gasteiger partial charge in [0.1, 0.15) is 5.82 Å². The van der Waals surface area contributed by atoms with Gasteiger partial charge in [-0.2, -0.15) is 13.2 Å². The number of nitrogens with two attached hydrogens (primary N) is 1. The standard InChI is InChI=1S/C13H11ClF3N3/c1-7-4-12(19-6-10(7)18)20-11-5-8(13(15,16)17)2-3-9(11)14/h2-6H,18H2,1H3,(H,19,20). The fraction of sp³-hybridized carbons (Fsp3) is 0.154. The Hall–Kier alpha value is -1.95. The molecule has 0 bridgehead atoms. The highest BCUT2D eigenvalue weighted by Gasteiger charge is 2.31. The lowest BCUT2D eigenvalue weighted by Crippen LogP contribution is -2.06. The lowest BCUT2D eigenvalue weighted by Gasteiger charge is -2.12. The molecule has 7 heteroatoms. The number of alkyl halides is 3.